The second-order valence-electron chi connectivity index (χ2n) is 6.58. The third-order valence-electron chi connectivity index (χ3n) is 5.04. The fourth-order valence-electron chi connectivity index (χ4n) is 3.49. The number of hydrogen-bond acceptors (Lipinski definition) is 3. The van der Waals surface area contributed by atoms with Crippen LogP contribution < -0.4 is 5.32 Å². The minimum absolute atomic E-state index is 0.107. The second kappa shape index (κ2) is 7.95. The zero-order valence-electron chi connectivity index (χ0n) is 13.6. The third-order valence-corrected chi connectivity index (χ3v) is 5.04. The van der Waals surface area contributed by atoms with E-state index >= 15 is 0 Å². The first-order chi connectivity index (χ1) is 10.2. The molecular formula is C17H31N3O. The number of nitrogens with one attached hydrogen (secondary N) is 1. The predicted octanol–water partition coefficient (Wildman–Crippen LogP) is 3.28. The summed E-state index contributed by atoms with van der Waals surface area (Å²) in [5, 5.41) is 17.9. The van der Waals surface area contributed by atoms with Gasteiger partial charge in [0.1, 0.15) is 0 Å². The summed E-state index contributed by atoms with van der Waals surface area (Å²) < 4.78 is 2.10. The van der Waals surface area contributed by atoms with E-state index in [4.69, 9.17) is 0 Å². The molecule has 0 amide bonds. The molecule has 0 bridgehead atoms. The van der Waals surface area contributed by atoms with Crippen LogP contribution in [0.2, 0.25) is 0 Å². The number of aromatic nitrogens is 2. The van der Waals surface area contributed by atoms with Crippen LogP contribution in [0.25, 0.3) is 0 Å². The Morgan fingerprint density at radius 3 is 2.62 bits per heavy atom. The SMILES string of the molecule is CCC(CC)n1ccc(CNCC2(CO)CCCCC2)n1. The highest BCUT2D eigenvalue weighted by molar-refractivity contribution is 5.00. The van der Waals surface area contributed by atoms with E-state index in [1.165, 1.54) is 19.3 Å². The molecule has 2 rings (SSSR count). The van der Waals surface area contributed by atoms with Gasteiger partial charge in [0.05, 0.1) is 11.7 Å². The quantitative estimate of drug-likeness (QED) is 0.773. The van der Waals surface area contributed by atoms with Crippen molar-refractivity contribution in [2.45, 2.75) is 71.4 Å². The van der Waals surface area contributed by atoms with Crippen molar-refractivity contribution in [2.24, 2.45) is 5.41 Å². The normalized spacial score (nSPS) is 18.3. The monoisotopic (exact) mass is 293 g/mol. The highest BCUT2D eigenvalue weighted by atomic mass is 16.3. The van der Waals surface area contributed by atoms with Gasteiger partial charge < -0.3 is 10.4 Å². The van der Waals surface area contributed by atoms with E-state index in [-0.39, 0.29) is 5.41 Å². The Balaban J connectivity index is 1.83. The van der Waals surface area contributed by atoms with Crippen molar-refractivity contribution < 1.29 is 5.11 Å². The van der Waals surface area contributed by atoms with Crippen molar-refractivity contribution in [3.8, 4) is 0 Å². The average molecular weight is 293 g/mol. The molecule has 1 saturated carbocycles. The minimum Gasteiger partial charge on any atom is -0.396 e. The van der Waals surface area contributed by atoms with Gasteiger partial charge in [0, 0.05) is 31.3 Å². The summed E-state index contributed by atoms with van der Waals surface area (Å²) in [5.74, 6) is 0. The molecule has 0 aromatic carbocycles. The molecule has 4 nitrogen and oxygen atoms in total. The Labute approximate surface area is 128 Å². The number of nitrogens with zero attached hydrogens (tertiary/aromatic N) is 2. The number of aliphatic hydroxyl groups is 1. The van der Waals surface area contributed by atoms with Crippen LogP contribution in [0.4, 0.5) is 0 Å². The first-order valence-electron chi connectivity index (χ1n) is 8.58. The van der Waals surface area contributed by atoms with E-state index in [2.05, 4.69) is 41.2 Å². The molecule has 1 fully saturated rings. The van der Waals surface area contributed by atoms with Crippen LogP contribution in [0.3, 0.4) is 0 Å². The molecule has 0 saturated heterocycles. The molecule has 1 aromatic rings. The lowest BCUT2D eigenvalue weighted by Crippen LogP contribution is -2.38. The highest BCUT2D eigenvalue weighted by Crippen LogP contribution is 2.35. The fourth-order valence-corrected chi connectivity index (χ4v) is 3.49. The van der Waals surface area contributed by atoms with Crippen LogP contribution in [0.15, 0.2) is 12.3 Å². The Morgan fingerprint density at radius 2 is 2.00 bits per heavy atom. The summed E-state index contributed by atoms with van der Waals surface area (Å²) in [4.78, 5) is 0. The van der Waals surface area contributed by atoms with Crippen molar-refractivity contribution in [1.29, 1.82) is 0 Å². The largest absolute Gasteiger partial charge is 0.396 e. The van der Waals surface area contributed by atoms with Crippen molar-refractivity contribution in [3.05, 3.63) is 18.0 Å². The molecule has 0 aliphatic heterocycles. The molecule has 0 spiro atoms. The minimum atomic E-state index is 0.107. The topological polar surface area (TPSA) is 50.1 Å². The molecule has 1 aliphatic carbocycles. The molecule has 0 unspecified atom stereocenters. The standard InChI is InChI=1S/C17H31N3O/c1-3-16(4-2)20-11-8-15(19-20)12-18-13-17(14-21)9-6-5-7-10-17/h8,11,16,18,21H,3-7,9-10,12-14H2,1-2H3. The summed E-state index contributed by atoms with van der Waals surface area (Å²) in [7, 11) is 0. The zero-order chi connectivity index (χ0) is 15.1. The molecule has 2 N–H and O–H groups in total. The second-order valence-corrected chi connectivity index (χ2v) is 6.58. The van der Waals surface area contributed by atoms with Gasteiger partial charge in [-0.1, -0.05) is 33.1 Å². The van der Waals surface area contributed by atoms with Crippen LogP contribution in [0, 0.1) is 5.41 Å². The number of hydrogen-bond donors (Lipinski definition) is 2. The van der Waals surface area contributed by atoms with Gasteiger partial charge in [-0.05, 0) is 31.7 Å². The van der Waals surface area contributed by atoms with E-state index < -0.39 is 0 Å². The maximum absolute atomic E-state index is 9.72. The summed E-state index contributed by atoms with van der Waals surface area (Å²) in [6, 6.07) is 2.62. The van der Waals surface area contributed by atoms with E-state index in [1.807, 2.05) is 0 Å². The van der Waals surface area contributed by atoms with Crippen LogP contribution in [-0.4, -0.2) is 28.0 Å². The Kier molecular flexibility index (Phi) is 6.24. The van der Waals surface area contributed by atoms with Crippen molar-refractivity contribution in [3.63, 3.8) is 0 Å². The molecular weight excluding hydrogens is 262 g/mol. The van der Waals surface area contributed by atoms with Gasteiger partial charge in [0.2, 0.25) is 0 Å². The molecule has 120 valence electrons. The Bertz CT molecular complexity index is 406. The van der Waals surface area contributed by atoms with E-state index in [9.17, 15) is 5.11 Å². The van der Waals surface area contributed by atoms with Gasteiger partial charge in [-0.2, -0.15) is 5.10 Å². The van der Waals surface area contributed by atoms with E-state index in [1.54, 1.807) is 0 Å². The smallest absolute Gasteiger partial charge is 0.0762 e. The first kappa shape index (κ1) is 16.5. The van der Waals surface area contributed by atoms with Crippen LogP contribution in [0.5, 0.6) is 0 Å². The molecule has 0 atom stereocenters. The Morgan fingerprint density at radius 1 is 1.29 bits per heavy atom. The lowest BCUT2D eigenvalue weighted by atomic mass is 9.74. The van der Waals surface area contributed by atoms with Crippen molar-refractivity contribution in [1.82, 2.24) is 15.1 Å². The highest BCUT2D eigenvalue weighted by Gasteiger charge is 2.30. The maximum Gasteiger partial charge on any atom is 0.0762 e. The van der Waals surface area contributed by atoms with E-state index in [0.29, 0.717) is 12.6 Å². The molecule has 1 aromatic heterocycles. The fraction of sp³-hybridized carbons (Fsp3) is 0.824. The van der Waals surface area contributed by atoms with Crippen molar-refractivity contribution >= 4 is 0 Å². The Hall–Kier alpha value is -0.870. The number of rotatable bonds is 8. The molecule has 1 aliphatic rings. The zero-order valence-corrected chi connectivity index (χ0v) is 13.6. The van der Waals surface area contributed by atoms with Gasteiger partial charge in [0.25, 0.3) is 0 Å². The average Bonchev–Trinajstić information content (AvgIpc) is 2.98. The summed E-state index contributed by atoms with van der Waals surface area (Å²) in [6.07, 6.45) is 10.5. The lowest BCUT2D eigenvalue weighted by molar-refractivity contribution is 0.0809. The first-order valence-corrected chi connectivity index (χ1v) is 8.58. The molecule has 0 radical (unpaired) electrons. The third kappa shape index (κ3) is 4.30. The summed E-state index contributed by atoms with van der Waals surface area (Å²) >= 11 is 0. The maximum atomic E-state index is 9.72. The van der Waals surface area contributed by atoms with Gasteiger partial charge in [0.15, 0.2) is 0 Å². The van der Waals surface area contributed by atoms with Crippen LogP contribution in [0.1, 0.15) is 70.5 Å². The lowest BCUT2D eigenvalue weighted by Gasteiger charge is -2.35. The van der Waals surface area contributed by atoms with Gasteiger partial charge in [-0.15, -0.1) is 0 Å². The molecule has 21 heavy (non-hydrogen) atoms. The van der Waals surface area contributed by atoms with Gasteiger partial charge in [-0.3, -0.25) is 4.68 Å². The van der Waals surface area contributed by atoms with Crippen molar-refractivity contribution in [2.75, 3.05) is 13.2 Å². The van der Waals surface area contributed by atoms with Gasteiger partial charge in [-0.25, -0.2) is 0 Å². The molecule has 1 heterocycles. The number of aliphatic hydroxyl groups excluding tert-OH is 1. The summed E-state index contributed by atoms with van der Waals surface area (Å²) in [6.45, 7) is 6.43. The molecule has 4 heteroatoms. The van der Waals surface area contributed by atoms with E-state index in [0.717, 1.165) is 44.5 Å². The predicted molar refractivity (Wildman–Crippen MR) is 86.2 cm³/mol. The summed E-state index contributed by atoms with van der Waals surface area (Å²) in [5.41, 5.74) is 1.21. The van der Waals surface area contributed by atoms with Crippen LogP contribution in [-0.2, 0) is 6.54 Å². The van der Waals surface area contributed by atoms with Gasteiger partial charge >= 0.3 is 0 Å². The van der Waals surface area contributed by atoms with Crippen LogP contribution >= 0.6 is 0 Å².